The van der Waals surface area contributed by atoms with Crippen molar-refractivity contribution in [3.05, 3.63) is 66.0 Å². The van der Waals surface area contributed by atoms with Crippen LogP contribution in [0.15, 0.2) is 54.6 Å². The zero-order valence-electron chi connectivity index (χ0n) is 7.65. The second-order valence-electron chi connectivity index (χ2n) is 3.10. The highest BCUT2D eigenvalue weighted by Crippen LogP contribution is 2.19. The lowest BCUT2D eigenvalue weighted by Crippen LogP contribution is -1.78. The van der Waals surface area contributed by atoms with Crippen LogP contribution >= 0.6 is 11.6 Å². The van der Waals surface area contributed by atoms with Crippen LogP contribution in [-0.2, 0) is 0 Å². The Labute approximate surface area is 89.2 Å². The van der Waals surface area contributed by atoms with Crippen molar-refractivity contribution in [2.24, 2.45) is 0 Å². The van der Waals surface area contributed by atoms with Gasteiger partial charge < -0.3 is 0 Å². The Balaban J connectivity index is 2.34. The van der Waals surface area contributed by atoms with Gasteiger partial charge in [-0.25, -0.2) is 0 Å². The molecule has 69 valence electrons. The molecule has 1 heteroatoms. The first kappa shape index (κ1) is 9.29. The Bertz CT molecular complexity index is 389. The Morgan fingerprint density at radius 2 is 1.29 bits per heavy atom. The molecule has 0 fully saturated rings. The molecule has 2 rings (SSSR count). The highest BCUT2D eigenvalue weighted by atomic mass is 35.5. The van der Waals surface area contributed by atoms with Gasteiger partial charge in [0, 0.05) is 0 Å². The molecule has 0 aliphatic carbocycles. The highest BCUT2D eigenvalue weighted by molar-refractivity contribution is 6.25. The number of rotatable bonds is 2. The largest absolute Gasteiger partial charge is 0.116 e. The second-order valence-corrected chi connectivity index (χ2v) is 3.32. The number of benzene rings is 2. The normalized spacial score (nSPS) is 10.1. The summed E-state index contributed by atoms with van der Waals surface area (Å²) in [5.74, 6) is 1.58. The van der Waals surface area contributed by atoms with Gasteiger partial charge in [-0.15, -0.1) is 11.6 Å². The van der Waals surface area contributed by atoms with E-state index in [9.17, 15) is 0 Å². The van der Waals surface area contributed by atoms with Gasteiger partial charge in [-0.1, -0.05) is 54.6 Å². The molecule has 0 bridgehead atoms. The molecule has 0 atom stereocenters. The average molecular weight is 202 g/mol. The molecule has 0 aliphatic rings. The van der Waals surface area contributed by atoms with Crippen molar-refractivity contribution in [3.8, 4) is 11.1 Å². The Hall–Kier alpha value is -1.27. The first-order valence-corrected chi connectivity index (χ1v) is 4.93. The first-order valence-electron chi connectivity index (χ1n) is 4.49. The molecule has 14 heavy (non-hydrogen) atoms. The molecule has 0 aliphatic heterocycles. The van der Waals surface area contributed by atoms with Crippen molar-refractivity contribution < 1.29 is 0 Å². The van der Waals surface area contributed by atoms with Crippen LogP contribution in [0.25, 0.3) is 11.1 Å². The minimum atomic E-state index is 1.03. The van der Waals surface area contributed by atoms with Gasteiger partial charge in [0.25, 0.3) is 0 Å². The van der Waals surface area contributed by atoms with Crippen LogP contribution in [0.1, 0.15) is 5.56 Å². The van der Waals surface area contributed by atoms with Gasteiger partial charge in [-0.05, 0) is 16.7 Å². The molecule has 2 aromatic rings. The Morgan fingerprint density at radius 1 is 0.714 bits per heavy atom. The van der Waals surface area contributed by atoms with E-state index in [2.05, 4.69) is 24.3 Å². The fourth-order valence-corrected chi connectivity index (χ4v) is 1.52. The van der Waals surface area contributed by atoms with E-state index in [1.807, 2.05) is 30.3 Å². The molecule has 2 aromatic carbocycles. The van der Waals surface area contributed by atoms with Crippen molar-refractivity contribution in [2.45, 2.75) is 0 Å². The fraction of sp³-hybridized carbons (Fsp3) is 0. The van der Waals surface area contributed by atoms with Crippen molar-refractivity contribution >= 4 is 11.6 Å². The summed E-state index contributed by atoms with van der Waals surface area (Å²) in [5, 5.41) is 0. The molecule has 0 saturated heterocycles. The molecule has 1 radical (unpaired) electrons. The number of hydrogen-bond acceptors (Lipinski definition) is 0. The van der Waals surface area contributed by atoms with Crippen LogP contribution in [0.3, 0.4) is 0 Å². The van der Waals surface area contributed by atoms with Crippen LogP contribution in [0, 0.1) is 5.88 Å². The predicted molar refractivity (Wildman–Crippen MR) is 61.1 cm³/mol. The zero-order valence-corrected chi connectivity index (χ0v) is 8.41. The van der Waals surface area contributed by atoms with Crippen molar-refractivity contribution in [2.75, 3.05) is 0 Å². The quantitative estimate of drug-likeness (QED) is 0.686. The zero-order chi connectivity index (χ0) is 9.80. The molecule has 0 nitrogen and oxygen atoms in total. The third-order valence-electron chi connectivity index (χ3n) is 2.14. The molecule has 0 N–H and O–H groups in total. The fourth-order valence-electron chi connectivity index (χ4n) is 1.38. The van der Waals surface area contributed by atoms with E-state index in [1.165, 1.54) is 11.1 Å². The van der Waals surface area contributed by atoms with E-state index in [4.69, 9.17) is 11.6 Å². The van der Waals surface area contributed by atoms with Crippen LogP contribution in [0.5, 0.6) is 0 Å². The van der Waals surface area contributed by atoms with E-state index in [-0.39, 0.29) is 0 Å². The molecular weight excluding hydrogens is 192 g/mol. The van der Waals surface area contributed by atoms with Crippen molar-refractivity contribution in [1.82, 2.24) is 0 Å². The third kappa shape index (κ3) is 1.97. The average Bonchev–Trinajstić information content (AvgIpc) is 2.30. The Kier molecular flexibility index (Phi) is 2.85. The van der Waals surface area contributed by atoms with Gasteiger partial charge >= 0.3 is 0 Å². The van der Waals surface area contributed by atoms with E-state index in [1.54, 1.807) is 5.88 Å². The summed E-state index contributed by atoms with van der Waals surface area (Å²) in [6.07, 6.45) is 0. The lowest BCUT2D eigenvalue weighted by atomic mass is 10.0. The highest BCUT2D eigenvalue weighted by Gasteiger charge is 1.95. The maximum absolute atomic E-state index is 5.60. The summed E-state index contributed by atoms with van der Waals surface area (Å²) in [4.78, 5) is 0. The van der Waals surface area contributed by atoms with E-state index in [0.29, 0.717) is 0 Å². The third-order valence-corrected chi connectivity index (χ3v) is 2.40. The van der Waals surface area contributed by atoms with Crippen LogP contribution in [0.2, 0.25) is 0 Å². The van der Waals surface area contributed by atoms with Gasteiger partial charge in [0.05, 0.1) is 5.88 Å². The van der Waals surface area contributed by atoms with Gasteiger partial charge in [-0.2, -0.15) is 0 Å². The molecule has 0 spiro atoms. The topological polar surface area (TPSA) is 0 Å². The summed E-state index contributed by atoms with van der Waals surface area (Å²) in [6.45, 7) is 0. The molecule has 0 aromatic heterocycles. The lowest BCUT2D eigenvalue weighted by Gasteiger charge is -2.01. The maximum atomic E-state index is 5.60. The predicted octanol–water partition coefficient (Wildman–Crippen LogP) is 4.10. The first-order chi connectivity index (χ1) is 6.90. The summed E-state index contributed by atoms with van der Waals surface area (Å²) < 4.78 is 0. The van der Waals surface area contributed by atoms with Crippen LogP contribution in [0.4, 0.5) is 0 Å². The van der Waals surface area contributed by atoms with E-state index in [0.717, 1.165) is 5.56 Å². The summed E-state index contributed by atoms with van der Waals surface area (Å²) in [6, 6.07) is 18.5. The van der Waals surface area contributed by atoms with Crippen molar-refractivity contribution in [3.63, 3.8) is 0 Å². The van der Waals surface area contributed by atoms with Gasteiger partial charge in [-0.3, -0.25) is 0 Å². The smallest absolute Gasteiger partial charge is 0.0790 e. The standard InChI is InChI=1S/C13H10Cl/c14-10-11-6-8-13(9-7-11)12-4-2-1-3-5-12/h1-10H. The molecule has 0 heterocycles. The number of halogens is 1. The van der Waals surface area contributed by atoms with Crippen molar-refractivity contribution in [1.29, 1.82) is 0 Å². The lowest BCUT2D eigenvalue weighted by molar-refractivity contribution is 1.56. The van der Waals surface area contributed by atoms with Gasteiger partial charge in [0.15, 0.2) is 0 Å². The van der Waals surface area contributed by atoms with E-state index < -0.39 is 0 Å². The molecule has 0 amide bonds. The second kappa shape index (κ2) is 4.30. The Morgan fingerprint density at radius 3 is 1.86 bits per heavy atom. The SMILES string of the molecule is Cl[CH]c1ccc(-c2ccccc2)cc1. The molecule has 0 saturated carbocycles. The maximum Gasteiger partial charge on any atom is 0.0790 e. The summed E-state index contributed by atoms with van der Waals surface area (Å²) >= 11 is 5.60. The van der Waals surface area contributed by atoms with Gasteiger partial charge in [0.2, 0.25) is 0 Å². The minimum Gasteiger partial charge on any atom is -0.116 e. The van der Waals surface area contributed by atoms with Crippen LogP contribution in [-0.4, -0.2) is 0 Å². The molecular formula is C13H10Cl. The van der Waals surface area contributed by atoms with Crippen LogP contribution < -0.4 is 0 Å². The monoisotopic (exact) mass is 201 g/mol. The minimum absolute atomic E-state index is 1.03. The summed E-state index contributed by atoms with van der Waals surface area (Å²) in [7, 11) is 0. The molecule has 0 unspecified atom stereocenters. The van der Waals surface area contributed by atoms with Gasteiger partial charge in [0.1, 0.15) is 0 Å². The summed E-state index contributed by atoms with van der Waals surface area (Å²) in [5.41, 5.74) is 3.48. The number of hydrogen-bond donors (Lipinski definition) is 0. The van der Waals surface area contributed by atoms with E-state index >= 15 is 0 Å².